The average Bonchev–Trinajstić information content (AvgIpc) is 2.63. The minimum absolute atomic E-state index is 0.236. The lowest BCUT2D eigenvalue weighted by Crippen LogP contribution is -2.17. The van der Waals surface area contributed by atoms with Gasteiger partial charge in [-0.3, -0.25) is 0 Å². The molecule has 0 aliphatic carbocycles. The molecular weight excluding hydrogens is 251 g/mol. The van der Waals surface area contributed by atoms with Crippen LogP contribution in [-0.4, -0.2) is 11.3 Å². The highest BCUT2D eigenvalue weighted by Gasteiger charge is 2.31. The Bertz CT molecular complexity index is 521. The molecule has 0 saturated carbocycles. The fourth-order valence-corrected chi connectivity index (χ4v) is 1.97. The molecule has 90 valence electrons. The van der Waals surface area contributed by atoms with E-state index in [1.165, 1.54) is 29.5 Å². The lowest BCUT2D eigenvalue weighted by molar-refractivity contribution is -0.274. The van der Waals surface area contributed by atoms with Crippen molar-refractivity contribution in [2.75, 3.05) is 0 Å². The van der Waals surface area contributed by atoms with E-state index in [2.05, 4.69) is 9.72 Å². The zero-order valence-corrected chi connectivity index (χ0v) is 9.60. The summed E-state index contributed by atoms with van der Waals surface area (Å²) in [5.41, 5.74) is 1.26. The van der Waals surface area contributed by atoms with Crippen molar-refractivity contribution < 1.29 is 17.9 Å². The van der Waals surface area contributed by atoms with Crippen molar-refractivity contribution in [3.63, 3.8) is 0 Å². The molecule has 6 heteroatoms. The van der Waals surface area contributed by atoms with Gasteiger partial charge in [-0.1, -0.05) is 12.1 Å². The Morgan fingerprint density at radius 1 is 1.29 bits per heavy atom. The van der Waals surface area contributed by atoms with Gasteiger partial charge in [-0.25, -0.2) is 4.98 Å². The molecule has 1 aromatic carbocycles. The molecule has 1 heterocycles. The summed E-state index contributed by atoms with van der Waals surface area (Å²) in [4.78, 5) is 4.20. The first-order valence-electron chi connectivity index (χ1n) is 4.72. The fraction of sp³-hybridized carbons (Fsp3) is 0.182. The molecule has 0 aliphatic heterocycles. The monoisotopic (exact) mass is 259 g/mol. The number of halogens is 3. The van der Waals surface area contributed by atoms with Crippen LogP contribution in [0.3, 0.4) is 0 Å². The fourth-order valence-electron chi connectivity index (χ4n) is 1.35. The van der Waals surface area contributed by atoms with E-state index < -0.39 is 6.36 Å². The van der Waals surface area contributed by atoms with Gasteiger partial charge in [0.05, 0.1) is 10.7 Å². The quantitative estimate of drug-likeness (QED) is 0.812. The first-order valence-corrected chi connectivity index (χ1v) is 5.60. The molecule has 2 aromatic rings. The molecule has 0 atom stereocenters. The molecule has 0 amide bonds. The van der Waals surface area contributed by atoms with Crippen molar-refractivity contribution >= 4 is 11.3 Å². The van der Waals surface area contributed by atoms with Crippen LogP contribution in [0.1, 0.15) is 5.01 Å². The average molecular weight is 259 g/mol. The van der Waals surface area contributed by atoms with E-state index in [4.69, 9.17) is 0 Å². The van der Waals surface area contributed by atoms with Gasteiger partial charge in [-0.05, 0) is 19.1 Å². The molecule has 0 saturated heterocycles. The second kappa shape index (κ2) is 4.37. The Balaban J connectivity index is 2.29. The SMILES string of the molecule is Cc1nc(-c2cccc(OC(F)(F)F)c2)cs1. The highest BCUT2D eigenvalue weighted by molar-refractivity contribution is 7.09. The summed E-state index contributed by atoms with van der Waals surface area (Å²) in [6.07, 6.45) is -4.67. The lowest BCUT2D eigenvalue weighted by Gasteiger charge is -2.09. The van der Waals surface area contributed by atoms with E-state index in [9.17, 15) is 13.2 Å². The number of ether oxygens (including phenoxy) is 1. The van der Waals surface area contributed by atoms with Crippen molar-refractivity contribution in [1.82, 2.24) is 4.98 Å². The first kappa shape index (κ1) is 11.9. The maximum Gasteiger partial charge on any atom is 0.573 e. The summed E-state index contributed by atoms with van der Waals surface area (Å²) in [6.45, 7) is 1.84. The third kappa shape index (κ3) is 3.20. The number of aromatic nitrogens is 1. The third-order valence-corrected chi connectivity index (χ3v) is 2.76. The third-order valence-electron chi connectivity index (χ3n) is 1.98. The summed E-state index contributed by atoms with van der Waals surface area (Å²) in [7, 11) is 0. The normalized spacial score (nSPS) is 11.5. The van der Waals surface area contributed by atoms with Crippen molar-refractivity contribution in [2.45, 2.75) is 13.3 Å². The zero-order chi connectivity index (χ0) is 12.5. The minimum atomic E-state index is -4.67. The smallest absolute Gasteiger partial charge is 0.406 e. The Hall–Kier alpha value is -1.56. The topological polar surface area (TPSA) is 22.1 Å². The molecule has 0 N–H and O–H groups in total. The number of hydrogen-bond donors (Lipinski definition) is 0. The van der Waals surface area contributed by atoms with Crippen molar-refractivity contribution in [3.8, 4) is 17.0 Å². The molecule has 0 aliphatic rings. The number of thiazole rings is 1. The van der Waals surface area contributed by atoms with Crippen LogP contribution in [0.25, 0.3) is 11.3 Å². The lowest BCUT2D eigenvalue weighted by atomic mass is 10.2. The van der Waals surface area contributed by atoms with Crippen LogP contribution < -0.4 is 4.74 Å². The molecule has 0 bridgehead atoms. The largest absolute Gasteiger partial charge is 0.573 e. The van der Waals surface area contributed by atoms with Crippen LogP contribution in [0.15, 0.2) is 29.6 Å². The second-order valence-electron chi connectivity index (χ2n) is 3.33. The molecule has 0 radical (unpaired) electrons. The number of aryl methyl sites for hydroxylation is 1. The molecular formula is C11H8F3NOS. The predicted octanol–water partition coefficient (Wildman–Crippen LogP) is 4.02. The van der Waals surface area contributed by atoms with Gasteiger partial charge in [0.2, 0.25) is 0 Å². The van der Waals surface area contributed by atoms with E-state index in [1.54, 1.807) is 11.4 Å². The standard InChI is InChI=1S/C11H8F3NOS/c1-7-15-10(6-17-7)8-3-2-4-9(5-8)16-11(12,13)14/h2-6H,1H3. The van der Waals surface area contributed by atoms with Crippen LogP contribution >= 0.6 is 11.3 Å². The van der Waals surface area contributed by atoms with Crippen molar-refractivity contribution in [2.24, 2.45) is 0 Å². The van der Waals surface area contributed by atoms with E-state index >= 15 is 0 Å². The molecule has 2 nitrogen and oxygen atoms in total. The predicted molar refractivity (Wildman–Crippen MR) is 59.0 cm³/mol. The van der Waals surface area contributed by atoms with E-state index in [0.717, 1.165) is 5.01 Å². The Kier molecular flexibility index (Phi) is 3.06. The van der Waals surface area contributed by atoms with Crippen molar-refractivity contribution in [1.29, 1.82) is 0 Å². The van der Waals surface area contributed by atoms with Crippen LogP contribution in [0, 0.1) is 6.92 Å². The minimum Gasteiger partial charge on any atom is -0.406 e. The Morgan fingerprint density at radius 2 is 2.06 bits per heavy atom. The second-order valence-corrected chi connectivity index (χ2v) is 4.39. The van der Waals surface area contributed by atoms with Gasteiger partial charge in [0, 0.05) is 10.9 Å². The summed E-state index contributed by atoms with van der Waals surface area (Å²) < 4.78 is 40.0. The highest BCUT2D eigenvalue weighted by Crippen LogP contribution is 2.28. The van der Waals surface area contributed by atoms with Crippen LogP contribution in [-0.2, 0) is 0 Å². The Morgan fingerprint density at radius 3 is 2.65 bits per heavy atom. The number of rotatable bonds is 2. The van der Waals surface area contributed by atoms with Gasteiger partial charge >= 0.3 is 6.36 Å². The van der Waals surface area contributed by atoms with Gasteiger partial charge < -0.3 is 4.74 Å². The van der Waals surface area contributed by atoms with Gasteiger partial charge in [0.25, 0.3) is 0 Å². The van der Waals surface area contributed by atoms with Gasteiger partial charge in [0.15, 0.2) is 0 Å². The van der Waals surface area contributed by atoms with E-state index in [0.29, 0.717) is 11.3 Å². The van der Waals surface area contributed by atoms with Gasteiger partial charge in [0.1, 0.15) is 5.75 Å². The van der Waals surface area contributed by atoms with E-state index in [1.807, 2.05) is 6.92 Å². The van der Waals surface area contributed by atoms with Crippen LogP contribution in [0.4, 0.5) is 13.2 Å². The molecule has 1 aromatic heterocycles. The van der Waals surface area contributed by atoms with Crippen LogP contribution in [0.5, 0.6) is 5.75 Å². The van der Waals surface area contributed by atoms with Gasteiger partial charge in [-0.15, -0.1) is 24.5 Å². The zero-order valence-electron chi connectivity index (χ0n) is 8.78. The number of hydrogen-bond acceptors (Lipinski definition) is 3. The number of nitrogens with zero attached hydrogens (tertiary/aromatic N) is 1. The molecule has 17 heavy (non-hydrogen) atoms. The first-order chi connectivity index (χ1) is 7.94. The number of alkyl halides is 3. The number of benzene rings is 1. The summed E-state index contributed by atoms with van der Waals surface area (Å²) in [5.74, 6) is -0.236. The Labute approximate surface area is 99.7 Å². The highest BCUT2D eigenvalue weighted by atomic mass is 32.1. The van der Waals surface area contributed by atoms with Crippen molar-refractivity contribution in [3.05, 3.63) is 34.7 Å². The molecule has 0 spiro atoms. The molecule has 0 fully saturated rings. The maximum absolute atomic E-state index is 12.0. The molecule has 2 rings (SSSR count). The maximum atomic E-state index is 12.0. The molecule has 0 unspecified atom stereocenters. The summed E-state index contributed by atoms with van der Waals surface area (Å²) >= 11 is 1.44. The summed E-state index contributed by atoms with van der Waals surface area (Å²) in [5, 5.41) is 2.66. The summed E-state index contributed by atoms with van der Waals surface area (Å²) in [6, 6.07) is 5.78. The van der Waals surface area contributed by atoms with Gasteiger partial charge in [-0.2, -0.15) is 0 Å². The van der Waals surface area contributed by atoms with Crippen LogP contribution in [0.2, 0.25) is 0 Å². The van der Waals surface area contributed by atoms with E-state index in [-0.39, 0.29) is 5.75 Å².